The third-order valence-electron chi connectivity index (χ3n) is 3.58. The molecule has 1 aromatic rings. The smallest absolute Gasteiger partial charge is 0.251 e. The first kappa shape index (κ1) is 17.7. The monoisotopic (exact) mass is 339 g/mol. The molecule has 0 spiro atoms. The second-order valence-electron chi connectivity index (χ2n) is 5.44. The first-order chi connectivity index (χ1) is 11.1. The summed E-state index contributed by atoms with van der Waals surface area (Å²) in [7, 11) is 0. The summed E-state index contributed by atoms with van der Waals surface area (Å²) in [6.07, 6.45) is 0.892. The third kappa shape index (κ3) is 5.82. The number of anilines is 1. The molecule has 1 saturated heterocycles. The summed E-state index contributed by atoms with van der Waals surface area (Å²) in [6, 6.07) is 4.84. The first-order valence-electron chi connectivity index (χ1n) is 7.71. The number of rotatable bonds is 6. The highest BCUT2D eigenvalue weighted by molar-refractivity contribution is 6.34. The Morgan fingerprint density at radius 2 is 2.04 bits per heavy atom. The number of ether oxygens (including phenoxy) is 1. The van der Waals surface area contributed by atoms with E-state index < -0.39 is 0 Å². The number of hydrogen-bond donors (Lipinski definition) is 2. The minimum absolute atomic E-state index is 0.164. The molecule has 0 aliphatic carbocycles. The Morgan fingerprint density at radius 1 is 1.30 bits per heavy atom. The number of benzene rings is 1. The van der Waals surface area contributed by atoms with Gasteiger partial charge in [-0.25, -0.2) is 0 Å². The lowest BCUT2D eigenvalue weighted by Crippen LogP contribution is -2.38. The van der Waals surface area contributed by atoms with Crippen LogP contribution in [0.3, 0.4) is 0 Å². The van der Waals surface area contributed by atoms with E-state index in [-0.39, 0.29) is 11.8 Å². The number of morpholine rings is 1. The van der Waals surface area contributed by atoms with Gasteiger partial charge in [-0.3, -0.25) is 14.5 Å². The molecule has 1 aliphatic heterocycles. The maximum atomic E-state index is 12.1. The van der Waals surface area contributed by atoms with E-state index in [9.17, 15) is 9.59 Å². The molecule has 1 fully saturated rings. The fourth-order valence-corrected chi connectivity index (χ4v) is 2.61. The molecule has 126 valence electrons. The van der Waals surface area contributed by atoms with Gasteiger partial charge in [-0.1, -0.05) is 11.6 Å². The fourth-order valence-electron chi connectivity index (χ4n) is 2.38. The number of halogens is 1. The minimum Gasteiger partial charge on any atom is -0.379 e. The molecule has 0 aromatic heterocycles. The molecule has 0 atom stereocenters. The SMILES string of the molecule is CC(=O)Nc1ccc(C(=O)NCCCN2CCOCC2)cc1Cl. The van der Waals surface area contributed by atoms with Crippen molar-refractivity contribution in [3.63, 3.8) is 0 Å². The highest BCUT2D eigenvalue weighted by atomic mass is 35.5. The zero-order chi connectivity index (χ0) is 16.7. The zero-order valence-corrected chi connectivity index (χ0v) is 14.0. The van der Waals surface area contributed by atoms with Crippen LogP contribution < -0.4 is 10.6 Å². The molecular formula is C16H22ClN3O3. The van der Waals surface area contributed by atoms with Crippen LogP contribution in [0.25, 0.3) is 0 Å². The fraction of sp³-hybridized carbons (Fsp3) is 0.500. The Kier molecular flexibility index (Phi) is 6.83. The second-order valence-corrected chi connectivity index (χ2v) is 5.85. The number of carbonyl (C=O) groups is 2. The van der Waals surface area contributed by atoms with E-state index in [0.29, 0.717) is 22.8 Å². The average Bonchev–Trinajstić information content (AvgIpc) is 2.54. The molecule has 23 heavy (non-hydrogen) atoms. The minimum atomic E-state index is -0.202. The summed E-state index contributed by atoms with van der Waals surface area (Å²) in [5.74, 6) is -0.365. The summed E-state index contributed by atoms with van der Waals surface area (Å²) in [4.78, 5) is 25.4. The molecule has 0 radical (unpaired) electrons. The highest BCUT2D eigenvalue weighted by Crippen LogP contribution is 2.22. The van der Waals surface area contributed by atoms with Gasteiger partial charge in [0, 0.05) is 32.1 Å². The summed E-state index contributed by atoms with van der Waals surface area (Å²) in [6.45, 7) is 6.44. The van der Waals surface area contributed by atoms with E-state index in [0.717, 1.165) is 39.3 Å². The van der Waals surface area contributed by atoms with Crippen LogP contribution in [0.5, 0.6) is 0 Å². The average molecular weight is 340 g/mol. The first-order valence-corrected chi connectivity index (χ1v) is 8.09. The van der Waals surface area contributed by atoms with Gasteiger partial charge in [0.2, 0.25) is 5.91 Å². The van der Waals surface area contributed by atoms with Crippen LogP contribution in [0.15, 0.2) is 18.2 Å². The Labute approximate surface area is 141 Å². The van der Waals surface area contributed by atoms with E-state index in [2.05, 4.69) is 15.5 Å². The van der Waals surface area contributed by atoms with Gasteiger partial charge in [-0.2, -0.15) is 0 Å². The number of hydrogen-bond acceptors (Lipinski definition) is 4. The summed E-state index contributed by atoms with van der Waals surface area (Å²) in [5.41, 5.74) is 0.985. The van der Waals surface area contributed by atoms with Crippen molar-refractivity contribution in [3.8, 4) is 0 Å². The number of nitrogens with zero attached hydrogens (tertiary/aromatic N) is 1. The summed E-state index contributed by atoms with van der Waals surface area (Å²) in [5, 5.41) is 5.84. The Balaban J connectivity index is 1.76. The molecule has 1 heterocycles. The molecule has 2 rings (SSSR count). The highest BCUT2D eigenvalue weighted by Gasteiger charge is 2.11. The Morgan fingerprint density at radius 3 is 2.70 bits per heavy atom. The van der Waals surface area contributed by atoms with Crippen molar-refractivity contribution >= 4 is 29.1 Å². The van der Waals surface area contributed by atoms with Crippen LogP contribution in [0, 0.1) is 0 Å². The van der Waals surface area contributed by atoms with Gasteiger partial charge in [-0.15, -0.1) is 0 Å². The third-order valence-corrected chi connectivity index (χ3v) is 3.90. The van der Waals surface area contributed by atoms with Gasteiger partial charge in [0.1, 0.15) is 0 Å². The normalized spacial score (nSPS) is 15.2. The molecule has 2 amide bonds. The molecule has 1 aromatic carbocycles. The van der Waals surface area contributed by atoms with E-state index >= 15 is 0 Å². The Hall–Kier alpha value is -1.63. The van der Waals surface area contributed by atoms with E-state index in [4.69, 9.17) is 16.3 Å². The maximum absolute atomic E-state index is 12.1. The lowest BCUT2D eigenvalue weighted by atomic mass is 10.2. The van der Waals surface area contributed by atoms with E-state index in [1.165, 1.54) is 6.92 Å². The van der Waals surface area contributed by atoms with Gasteiger partial charge >= 0.3 is 0 Å². The lowest BCUT2D eigenvalue weighted by Gasteiger charge is -2.26. The van der Waals surface area contributed by atoms with Crippen LogP contribution in [-0.4, -0.2) is 56.1 Å². The van der Waals surface area contributed by atoms with Crippen LogP contribution in [-0.2, 0) is 9.53 Å². The number of carbonyl (C=O) groups excluding carboxylic acids is 2. The van der Waals surface area contributed by atoms with Crippen molar-refractivity contribution in [1.82, 2.24) is 10.2 Å². The quantitative estimate of drug-likeness (QED) is 0.775. The van der Waals surface area contributed by atoms with Gasteiger partial charge in [0.05, 0.1) is 23.9 Å². The van der Waals surface area contributed by atoms with Crippen LogP contribution in [0.4, 0.5) is 5.69 Å². The van der Waals surface area contributed by atoms with Crippen molar-refractivity contribution < 1.29 is 14.3 Å². The second kappa shape index (κ2) is 8.86. The van der Waals surface area contributed by atoms with Crippen molar-refractivity contribution in [2.45, 2.75) is 13.3 Å². The molecule has 0 bridgehead atoms. The van der Waals surface area contributed by atoms with Gasteiger partial charge in [0.25, 0.3) is 5.91 Å². The van der Waals surface area contributed by atoms with Crippen LogP contribution in [0.2, 0.25) is 5.02 Å². The predicted molar refractivity (Wildman–Crippen MR) is 90.0 cm³/mol. The molecule has 0 saturated carbocycles. The molecule has 2 N–H and O–H groups in total. The largest absolute Gasteiger partial charge is 0.379 e. The zero-order valence-electron chi connectivity index (χ0n) is 13.2. The maximum Gasteiger partial charge on any atom is 0.251 e. The van der Waals surface area contributed by atoms with Crippen LogP contribution in [0.1, 0.15) is 23.7 Å². The van der Waals surface area contributed by atoms with Crippen molar-refractivity contribution in [2.24, 2.45) is 0 Å². The molecular weight excluding hydrogens is 318 g/mol. The molecule has 7 heteroatoms. The summed E-state index contributed by atoms with van der Waals surface area (Å²) >= 11 is 6.07. The van der Waals surface area contributed by atoms with Crippen LogP contribution >= 0.6 is 11.6 Å². The molecule has 0 unspecified atom stereocenters. The standard InChI is InChI=1S/C16H22ClN3O3/c1-12(21)19-15-4-3-13(11-14(15)17)16(22)18-5-2-6-20-7-9-23-10-8-20/h3-4,11H,2,5-10H2,1H3,(H,18,22)(H,19,21). The van der Waals surface area contributed by atoms with Gasteiger partial charge in [-0.05, 0) is 31.2 Å². The summed E-state index contributed by atoms with van der Waals surface area (Å²) < 4.78 is 5.30. The van der Waals surface area contributed by atoms with Crippen molar-refractivity contribution in [2.75, 3.05) is 44.7 Å². The van der Waals surface area contributed by atoms with E-state index in [1.807, 2.05) is 0 Å². The van der Waals surface area contributed by atoms with E-state index in [1.54, 1.807) is 18.2 Å². The van der Waals surface area contributed by atoms with Crippen molar-refractivity contribution in [3.05, 3.63) is 28.8 Å². The lowest BCUT2D eigenvalue weighted by molar-refractivity contribution is -0.114. The number of amides is 2. The van der Waals surface area contributed by atoms with Crippen molar-refractivity contribution in [1.29, 1.82) is 0 Å². The Bertz CT molecular complexity index is 560. The number of nitrogens with one attached hydrogen (secondary N) is 2. The topological polar surface area (TPSA) is 70.7 Å². The predicted octanol–water partition coefficient (Wildman–Crippen LogP) is 1.75. The molecule has 1 aliphatic rings. The van der Waals surface area contributed by atoms with Gasteiger partial charge < -0.3 is 15.4 Å². The van der Waals surface area contributed by atoms with Gasteiger partial charge in [0.15, 0.2) is 0 Å². The molecule has 6 nitrogen and oxygen atoms in total.